The number of hydrogen-bond acceptors (Lipinski definition) is 2. The van der Waals surface area contributed by atoms with Gasteiger partial charge in [-0.25, -0.2) is 4.39 Å². The van der Waals surface area contributed by atoms with Crippen molar-refractivity contribution in [1.29, 1.82) is 0 Å². The molecule has 106 valence electrons. The first-order valence-electron chi connectivity index (χ1n) is 6.42. The third-order valence-corrected chi connectivity index (χ3v) is 3.94. The molecule has 0 saturated carbocycles. The smallest absolute Gasteiger partial charge is 0.123 e. The van der Waals surface area contributed by atoms with Gasteiger partial charge in [-0.2, -0.15) is 0 Å². The predicted octanol–water partition coefficient (Wildman–Crippen LogP) is 4.73. The first-order chi connectivity index (χ1) is 9.63. The van der Waals surface area contributed by atoms with Crippen molar-refractivity contribution in [2.45, 2.75) is 19.4 Å². The molecule has 0 fully saturated rings. The summed E-state index contributed by atoms with van der Waals surface area (Å²) in [5.74, 6) is -0.306. The second-order valence-electron chi connectivity index (χ2n) is 4.42. The van der Waals surface area contributed by atoms with E-state index in [2.05, 4.69) is 33.2 Å². The van der Waals surface area contributed by atoms with E-state index < -0.39 is 0 Å². The minimum absolute atomic E-state index is 0.242. The largest absolute Gasteiger partial charge is 0.305 e. The first kappa shape index (κ1) is 15.4. The van der Waals surface area contributed by atoms with Crippen LogP contribution in [-0.4, -0.2) is 11.5 Å². The number of nitrogens with one attached hydrogen (secondary N) is 1. The van der Waals surface area contributed by atoms with Crippen LogP contribution in [0.3, 0.4) is 0 Å². The van der Waals surface area contributed by atoms with Crippen molar-refractivity contribution >= 4 is 27.5 Å². The topological polar surface area (TPSA) is 24.9 Å². The maximum absolute atomic E-state index is 13.5. The summed E-state index contributed by atoms with van der Waals surface area (Å²) < 4.78 is 14.4. The molecule has 5 heteroatoms. The van der Waals surface area contributed by atoms with Gasteiger partial charge in [0.2, 0.25) is 0 Å². The van der Waals surface area contributed by atoms with Crippen LogP contribution in [0.15, 0.2) is 41.0 Å². The molecule has 1 atom stereocenters. The molecule has 1 N–H and O–H groups in total. The van der Waals surface area contributed by atoms with E-state index in [1.165, 1.54) is 12.1 Å². The van der Waals surface area contributed by atoms with Gasteiger partial charge in [0.15, 0.2) is 0 Å². The quantitative estimate of drug-likeness (QED) is 0.837. The zero-order valence-corrected chi connectivity index (χ0v) is 13.4. The van der Waals surface area contributed by atoms with Gasteiger partial charge in [-0.3, -0.25) is 4.98 Å². The molecule has 1 aromatic carbocycles. The molecular weight excluding hydrogens is 343 g/mol. The van der Waals surface area contributed by atoms with E-state index in [1.54, 1.807) is 12.3 Å². The van der Waals surface area contributed by atoms with Gasteiger partial charge >= 0.3 is 0 Å². The fourth-order valence-corrected chi connectivity index (χ4v) is 2.70. The van der Waals surface area contributed by atoms with Gasteiger partial charge < -0.3 is 5.32 Å². The number of halogens is 3. The summed E-state index contributed by atoms with van der Waals surface area (Å²) in [6, 6.07) is 7.90. The van der Waals surface area contributed by atoms with Crippen molar-refractivity contribution in [3.8, 4) is 0 Å². The van der Waals surface area contributed by atoms with Crippen LogP contribution >= 0.6 is 27.5 Å². The van der Waals surface area contributed by atoms with Gasteiger partial charge in [-0.15, -0.1) is 0 Å². The minimum atomic E-state index is -0.306. The van der Waals surface area contributed by atoms with Gasteiger partial charge in [0.25, 0.3) is 0 Å². The molecule has 0 aliphatic rings. The van der Waals surface area contributed by atoms with Crippen molar-refractivity contribution < 1.29 is 4.39 Å². The Bertz CT molecular complexity index is 592. The van der Waals surface area contributed by atoms with Crippen LogP contribution in [0.1, 0.15) is 30.6 Å². The normalized spacial score (nSPS) is 12.4. The second-order valence-corrected chi connectivity index (χ2v) is 5.68. The van der Waals surface area contributed by atoms with Gasteiger partial charge in [0.1, 0.15) is 5.82 Å². The lowest BCUT2D eigenvalue weighted by Crippen LogP contribution is -2.25. The number of benzene rings is 1. The lowest BCUT2D eigenvalue weighted by molar-refractivity contribution is 0.574. The van der Waals surface area contributed by atoms with E-state index in [4.69, 9.17) is 11.6 Å². The van der Waals surface area contributed by atoms with E-state index >= 15 is 0 Å². The number of rotatable bonds is 5. The fourth-order valence-electron chi connectivity index (χ4n) is 1.99. The molecule has 1 unspecified atom stereocenters. The summed E-state index contributed by atoms with van der Waals surface area (Å²) in [6.45, 7) is 2.87. The minimum Gasteiger partial charge on any atom is -0.305 e. The van der Waals surface area contributed by atoms with Gasteiger partial charge in [-0.1, -0.05) is 18.5 Å². The molecule has 0 aliphatic heterocycles. The van der Waals surface area contributed by atoms with Crippen LogP contribution in [0.25, 0.3) is 0 Å². The summed E-state index contributed by atoms with van der Waals surface area (Å²) >= 11 is 9.71. The highest BCUT2D eigenvalue weighted by Gasteiger charge is 2.20. The van der Waals surface area contributed by atoms with Crippen LogP contribution in [-0.2, 0) is 0 Å². The molecular formula is C15H15BrClFN2. The van der Waals surface area contributed by atoms with Crippen molar-refractivity contribution in [1.82, 2.24) is 10.3 Å². The molecule has 0 aliphatic carbocycles. The Morgan fingerprint density at radius 2 is 2.20 bits per heavy atom. The SMILES string of the molecule is CCCNC(c1cc(F)ccc1Cl)c1ncccc1Br. The molecule has 2 nitrogen and oxygen atoms in total. The lowest BCUT2D eigenvalue weighted by atomic mass is 10.0. The maximum atomic E-state index is 13.5. The second kappa shape index (κ2) is 7.16. The Hall–Kier alpha value is -0.970. The van der Waals surface area contributed by atoms with E-state index in [-0.39, 0.29) is 11.9 Å². The monoisotopic (exact) mass is 356 g/mol. The van der Waals surface area contributed by atoms with Crippen LogP contribution < -0.4 is 5.32 Å². The van der Waals surface area contributed by atoms with E-state index in [0.717, 1.165) is 23.1 Å². The highest BCUT2D eigenvalue weighted by molar-refractivity contribution is 9.10. The molecule has 20 heavy (non-hydrogen) atoms. The Labute approximate surface area is 131 Å². The van der Waals surface area contributed by atoms with E-state index in [0.29, 0.717) is 10.6 Å². The average Bonchev–Trinajstić information content (AvgIpc) is 2.44. The van der Waals surface area contributed by atoms with Crippen LogP contribution in [0, 0.1) is 5.82 Å². The lowest BCUT2D eigenvalue weighted by Gasteiger charge is -2.21. The molecule has 0 amide bonds. The fraction of sp³-hybridized carbons (Fsp3) is 0.267. The maximum Gasteiger partial charge on any atom is 0.123 e. The standard InChI is InChI=1S/C15H15BrClFN2/c1-2-7-19-14(15-12(16)4-3-8-20-15)11-9-10(18)5-6-13(11)17/h3-6,8-9,14,19H,2,7H2,1H3. The Morgan fingerprint density at radius 1 is 1.40 bits per heavy atom. The Kier molecular flexibility index (Phi) is 5.52. The van der Waals surface area contributed by atoms with Crippen molar-refractivity contribution in [2.24, 2.45) is 0 Å². The third kappa shape index (κ3) is 3.57. The highest BCUT2D eigenvalue weighted by atomic mass is 79.9. The molecule has 1 heterocycles. The van der Waals surface area contributed by atoms with Crippen molar-refractivity contribution in [2.75, 3.05) is 6.54 Å². The molecule has 0 spiro atoms. The molecule has 1 aromatic heterocycles. The molecule has 0 saturated heterocycles. The summed E-state index contributed by atoms with van der Waals surface area (Å²) in [7, 11) is 0. The van der Waals surface area contributed by atoms with Gasteiger partial charge in [0.05, 0.1) is 11.7 Å². The number of hydrogen-bond donors (Lipinski definition) is 1. The summed E-state index contributed by atoms with van der Waals surface area (Å²) in [5.41, 5.74) is 1.49. The zero-order valence-electron chi connectivity index (χ0n) is 11.0. The molecule has 2 aromatic rings. The van der Waals surface area contributed by atoms with Crippen LogP contribution in [0.5, 0.6) is 0 Å². The zero-order chi connectivity index (χ0) is 14.5. The number of pyridine rings is 1. The van der Waals surface area contributed by atoms with E-state index in [1.807, 2.05) is 12.1 Å². The van der Waals surface area contributed by atoms with Crippen molar-refractivity contribution in [3.63, 3.8) is 0 Å². The summed E-state index contributed by atoms with van der Waals surface area (Å²) in [4.78, 5) is 4.39. The van der Waals surface area contributed by atoms with Crippen LogP contribution in [0.2, 0.25) is 5.02 Å². The molecule has 2 rings (SSSR count). The predicted molar refractivity (Wildman–Crippen MR) is 83.5 cm³/mol. The summed E-state index contributed by atoms with van der Waals surface area (Å²) in [6.07, 6.45) is 2.68. The third-order valence-electron chi connectivity index (χ3n) is 2.93. The number of nitrogens with zero attached hydrogens (tertiary/aromatic N) is 1. The Balaban J connectivity index is 2.47. The molecule has 0 bridgehead atoms. The van der Waals surface area contributed by atoms with Gasteiger partial charge in [-0.05, 0) is 64.8 Å². The molecule has 0 radical (unpaired) electrons. The first-order valence-corrected chi connectivity index (χ1v) is 7.59. The number of aromatic nitrogens is 1. The Morgan fingerprint density at radius 3 is 2.90 bits per heavy atom. The van der Waals surface area contributed by atoms with Gasteiger partial charge in [0, 0.05) is 15.7 Å². The van der Waals surface area contributed by atoms with E-state index in [9.17, 15) is 4.39 Å². The average molecular weight is 358 g/mol. The highest BCUT2D eigenvalue weighted by Crippen LogP contribution is 2.31. The summed E-state index contributed by atoms with van der Waals surface area (Å²) in [5, 5.41) is 3.89. The van der Waals surface area contributed by atoms with Crippen molar-refractivity contribution in [3.05, 3.63) is 63.1 Å². The van der Waals surface area contributed by atoms with Crippen LogP contribution in [0.4, 0.5) is 4.39 Å².